The van der Waals surface area contributed by atoms with Gasteiger partial charge in [0.15, 0.2) is 0 Å². The summed E-state index contributed by atoms with van der Waals surface area (Å²) in [5, 5.41) is 4.38. The number of hydrogen-bond acceptors (Lipinski definition) is 3. The first-order valence-corrected chi connectivity index (χ1v) is 7.82. The molecule has 2 aromatic rings. The van der Waals surface area contributed by atoms with E-state index < -0.39 is 0 Å². The average molecular weight is 297 g/mol. The molecule has 0 radical (unpaired) electrons. The van der Waals surface area contributed by atoms with Crippen molar-refractivity contribution in [2.24, 2.45) is 0 Å². The number of aromatic nitrogens is 2. The van der Waals surface area contributed by atoms with Crippen molar-refractivity contribution in [2.75, 3.05) is 18.1 Å². The molecule has 5 nitrogen and oxygen atoms in total. The first-order chi connectivity index (χ1) is 10.8. The predicted octanol–water partition coefficient (Wildman–Crippen LogP) is 1.94. The second-order valence-corrected chi connectivity index (χ2v) is 5.85. The van der Waals surface area contributed by atoms with Crippen molar-refractivity contribution in [2.45, 2.75) is 32.4 Å². The molecule has 2 aliphatic rings. The molecule has 0 unspecified atom stereocenters. The summed E-state index contributed by atoms with van der Waals surface area (Å²) in [7, 11) is 0. The summed E-state index contributed by atoms with van der Waals surface area (Å²) < 4.78 is 7.27. The molecule has 22 heavy (non-hydrogen) atoms. The SMILES string of the molecule is O=C(Cn1ncc2c1CCOC2)N1CCCc2ccccc21. The third-order valence-corrected chi connectivity index (χ3v) is 4.47. The molecule has 0 spiro atoms. The Kier molecular flexibility index (Phi) is 3.42. The third kappa shape index (κ3) is 2.31. The molecule has 1 amide bonds. The number of amides is 1. The number of rotatable bonds is 2. The molecule has 0 N–H and O–H groups in total. The standard InChI is InChI=1S/C17H19N3O2/c21-17(11-20-16-7-9-22-12-14(16)10-18-20)19-8-3-5-13-4-1-2-6-15(13)19/h1-2,4,6,10H,3,5,7-9,11-12H2. The summed E-state index contributed by atoms with van der Waals surface area (Å²) in [6.45, 7) is 2.42. The Hall–Kier alpha value is -2.14. The van der Waals surface area contributed by atoms with Crippen LogP contribution in [-0.4, -0.2) is 28.8 Å². The van der Waals surface area contributed by atoms with Crippen LogP contribution in [0.25, 0.3) is 0 Å². The number of benzene rings is 1. The molecule has 4 rings (SSSR count). The number of fused-ring (bicyclic) bond motifs is 2. The topological polar surface area (TPSA) is 47.4 Å². The predicted molar refractivity (Wildman–Crippen MR) is 82.7 cm³/mol. The van der Waals surface area contributed by atoms with Crippen LogP contribution in [0, 0.1) is 0 Å². The minimum Gasteiger partial charge on any atom is -0.376 e. The molecule has 1 aromatic heterocycles. The van der Waals surface area contributed by atoms with Crippen molar-refractivity contribution >= 4 is 11.6 Å². The fourth-order valence-corrected chi connectivity index (χ4v) is 3.35. The number of hydrogen-bond donors (Lipinski definition) is 0. The van der Waals surface area contributed by atoms with Crippen LogP contribution in [-0.2, 0) is 35.5 Å². The van der Waals surface area contributed by atoms with Crippen LogP contribution < -0.4 is 4.90 Å². The maximum Gasteiger partial charge on any atom is 0.248 e. The van der Waals surface area contributed by atoms with Gasteiger partial charge in [-0.1, -0.05) is 18.2 Å². The van der Waals surface area contributed by atoms with Crippen molar-refractivity contribution in [1.82, 2.24) is 9.78 Å². The van der Waals surface area contributed by atoms with Gasteiger partial charge in [0.1, 0.15) is 6.54 Å². The smallest absolute Gasteiger partial charge is 0.248 e. The van der Waals surface area contributed by atoms with E-state index in [4.69, 9.17) is 4.74 Å². The van der Waals surface area contributed by atoms with Crippen LogP contribution >= 0.6 is 0 Å². The van der Waals surface area contributed by atoms with Gasteiger partial charge in [-0.15, -0.1) is 0 Å². The van der Waals surface area contributed by atoms with Crippen LogP contribution in [0.2, 0.25) is 0 Å². The molecule has 0 bridgehead atoms. The van der Waals surface area contributed by atoms with Gasteiger partial charge in [-0.05, 0) is 24.5 Å². The molecular formula is C17H19N3O2. The molecule has 114 valence electrons. The van der Waals surface area contributed by atoms with E-state index in [1.54, 1.807) is 0 Å². The second kappa shape index (κ2) is 5.57. The quantitative estimate of drug-likeness (QED) is 0.851. The molecule has 3 heterocycles. The summed E-state index contributed by atoms with van der Waals surface area (Å²) >= 11 is 0. The zero-order valence-electron chi connectivity index (χ0n) is 12.5. The maximum absolute atomic E-state index is 12.7. The van der Waals surface area contributed by atoms with Crippen molar-refractivity contribution in [3.8, 4) is 0 Å². The van der Waals surface area contributed by atoms with Gasteiger partial charge in [-0.25, -0.2) is 0 Å². The van der Waals surface area contributed by atoms with Gasteiger partial charge in [0.05, 0.1) is 19.4 Å². The highest BCUT2D eigenvalue weighted by Crippen LogP contribution is 2.27. The van der Waals surface area contributed by atoms with Crippen molar-refractivity contribution in [3.63, 3.8) is 0 Å². The lowest BCUT2D eigenvalue weighted by molar-refractivity contribution is -0.119. The molecule has 0 saturated heterocycles. The van der Waals surface area contributed by atoms with Gasteiger partial charge in [0.25, 0.3) is 0 Å². The fourth-order valence-electron chi connectivity index (χ4n) is 3.35. The van der Waals surface area contributed by atoms with Crippen molar-refractivity contribution in [1.29, 1.82) is 0 Å². The summed E-state index contributed by atoms with van der Waals surface area (Å²) in [6, 6.07) is 8.19. The van der Waals surface area contributed by atoms with Crippen LogP contribution in [0.4, 0.5) is 5.69 Å². The molecule has 5 heteroatoms. The number of anilines is 1. The lowest BCUT2D eigenvalue weighted by Crippen LogP contribution is -2.38. The average Bonchev–Trinajstić information content (AvgIpc) is 2.97. The second-order valence-electron chi connectivity index (χ2n) is 5.85. The lowest BCUT2D eigenvalue weighted by atomic mass is 10.0. The van der Waals surface area contributed by atoms with E-state index in [1.165, 1.54) is 5.56 Å². The van der Waals surface area contributed by atoms with Gasteiger partial charge in [-0.3, -0.25) is 9.48 Å². The molecule has 1 aromatic carbocycles. The Morgan fingerprint density at radius 3 is 3.09 bits per heavy atom. The first-order valence-electron chi connectivity index (χ1n) is 7.82. The van der Waals surface area contributed by atoms with Crippen LogP contribution in [0.1, 0.15) is 23.2 Å². The zero-order valence-corrected chi connectivity index (χ0v) is 12.5. The Labute approximate surface area is 129 Å². The number of para-hydroxylation sites is 1. The van der Waals surface area contributed by atoms with E-state index in [0.29, 0.717) is 19.8 Å². The van der Waals surface area contributed by atoms with Crippen LogP contribution in [0.3, 0.4) is 0 Å². The minimum atomic E-state index is 0.115. The van der Waals surface area contributed by atoms with E-state index >= 15 is 0 Å². The van der Waals surface area contributed by atoms with Gasteiger partial charge >= 0.3 is 0 Å². The highest BCUT2D eigenvalue weighted by Gasteiger charge is 2.24. The fraction of sp³-hybridized carbons (Fsp3) is 0.412. The summed E-state index contributed by atoms with van der Waals surface area (Å²) in [6.07, 6.45) is 4.73. The highest BCUT2D eigenvalue weighted by molar-refractivity contribution is 5.94. The minimum absolute atomic E-state index is 0.115. The highest BCUT2D eigenvalue weighted by atomic mass is 16.5. The number of aryl methyl sites for hydroxylation is 1. The molecule has 0 saturated carbocycles. The number of carbonyl (C=O) groups excluding carboxylic acids is 1. The third-order valence-electron chi connectivity index (χ3n) is 4.47. The molecule has 2 aliphatic heterocycles. The van der Waals surface area contributed by atoms with Gasteiger partial charge < -0.3 is 9.64 Å². The van der Waals surface area contributed by atoms with E-state index in [2.05, 4.69) is 11.2 Å². The molecule has 0 atom stereocenters. The molecule has 0 fully saturated rings. The number of ether oxygens (including phenoxy) is 1. The van der Waals surface area contributed by atoms with E-state index in [1.807, 2.05) is 34.0 Å². The van der Waals surface area contributed by atoms with Crippen LogP contribution in [0.5, 0.6) is 0 Å². The summed E-state index contributed by atoms with van der Waals surface area (Å²) in [5.74, 6) is 0.115. The summed E-state index contributed by atoms with van der Waals surface area (Å²) in [5.41, 5.74) is 4.57. The van der Waals surface area contributed by atoms with E-state index in [-0.39, 0.29) is 5.91 Å². The van der Waals surface area contributed by atoms with E-state index in [0.717, 1.165) is 42.8 Å². The van der Waals surface area contributed by atoms with Gasteiger partial charge in [0, 0.05) is 29.9 Å². The zero-order chi connectivity index (χ0) is 14.9. The summed E-state index contributed by atoms with van der Waals surface area (Å²) in [4.78, 5) is 14.7. The van der Waals surface area contributed by atoms with Gasteiger partial charge in [0.2, 0.25) is 5.91 Å². The molecule has 0 aliphatic carbocycles. The van der Waals surface area contributed by atoms with Crippen molar-refractivity contribution < 1.29 is 9.53 Å². The Morgan fingerprint density at radius 1 is 1.23 bits per heavy atom. The first kappa shape index (κ1) is 13.5. The largest absolute Gasteiger partial charge is 0.376 e. The van der Waals surface area contributed by atoms with Crippen molar-refractivity contribution in [3.05, 3.63) is 47.3 Å². The van der Waals surface area contributed by atoms with E-state index in [9.17, 15) is 4.79 Å². The normalized spacial score (nSPS) is 17.0. The molecular weight excluding hydrogens is 278 g/mol. The Bertz CT molecular complexity index is 708. The lowest BCUT2D eigenvalue weighted by Gasteiger charge is -2.29. The Morgan fingerprint density at radius 2 is 2.14 bits per heavy atom. The number of nitrogens with zero attached hydrogens (tertiary/aromatic N) is 3. The maximum atomic E-state index is 12.7. The Balaban J connectivity index is 1.57. The van der Waals surface area contributed by atoms with Gasteiger partial charge in [-0.2, -0.15) is 5.10 Å². The monoisotopic (exact) mass is 297 g/mol. The number of carbonyl (C=O) groups is 1. The van der Waals surface area contributed by atoms with Crippen LogP contribution in [0.15, 0.2) is 30.5 Å².